The first-order valence-electron chi connectivity index (χ1n) is 25.4. The Morgan fingerprint density at radius 1 is 0.351 bits per heavy atom. The number of anilines is 8. The van der Waals surface area contributed by atoms with Crippen LogP contribution in [0.2, 0.25) is 0 Å². The average molecular weight is 1040 g/mol. The van der Waals surface area contributed by atoms with E-state index >= 15 is 0 Å². The van der Waals surface area contributed by atoms with E-state index in [1.165, 1.54) is 0 Å². The van der Waals surface area contributed by atoms with Gasteiger partial charge in [0.25, 0.3) is 0 Å². The summed E-state index contributed by atoms with van der Waals surface area (Å²) >= 11 is 0. The van der Waals surface area contributed by atoms with Gasteiger partial charge in [0.2, 0.25) is 35.7 Å². The number of hydrogen-bond donors (Lipinski definition) is 10. The zero-order chi connectivity index (χ0) is 52.5. The van der Waals surface area contributed by atoms with Crippen LogP contribution >= 0.6 is 0 Å². The van der Waals surface area contributed by atoms with Gasteiger partial charge in [-0.15, -0.1) is 0 Å². The van der Waals surface area contributed by atoms with Crippen molar-refractivity contribution < 1.29 is 58.3 Å². The van der Waals surface area contributed by atoms with Gasteiger partial charge in [-0.3, -0.25) is 0 Å². The molecule has 0 atom stereocenters. The molecule has 0 bridgehead atoms. The maximum atomic E-state index is 8.85. The van der Waals surface area contributed by atoms with E-state index in [1.807, 2.05) is 36.4 Å². The Kier molecular flexibility index (Phi) is 32.9. The largest absolute Gasteiger partial charge is 0.394 e. The molecule has 0 fully saturated rings. The molecule has 0 spiro atoms. The summed E-state index contributed by atoms with van der Waals surface area (Å²) < 4.78 is 43.4. The third-order valence-corrected chi connectivity index (χ3v) is 10.2. The number of hydrogen-bond acceptors (Lipinski definition) is 24. The van der Waals surface area contributed by atoms with Gasteiger partial charge in [-0.25, -0.2) is 0 Å². The standard InChI is InChI=1S/C50H80N12O12/c1-39-37-43(55-49-59-45(51-13-3-21-67-29-33-71-25-17-63)57-46(60-49)52-14-4-22-68-30-34-72-26-18-64)11-9-41(39)7-8-42-10-12-44(38-40(42)2)56-50-61-47(53-15-5-23-69-31-35-73-27-19-65)58-48(62-50)54-16-6-24-70-32-36-74-28-20-66/h7-12,37-38,63-66H,3-6,13-36H2,1-2H3,(H3,51,52,55,57,59,60)(H3,53,54,56,58,61,62)/b8-7+. The first-order chi connectivity index (χ1) is 36.4. The highest BCUT2D eigenvalue weighted by molar-refractivity contribution is 5.75. The highest BCUT2D eigenvalue weighted by Crippen LogP contribution is 2.24. The van der Waals surface area contributed by atoms with Gasteiger partial charge in [0.15, 0.2) is 0 Å². The van der Waals surface area contributed by atoms with Crippen LogP contribution in [0, 0.1) is 13.8 Å². The lowest BCUT2D eigenvalue weighted by atomic mass is 10.0. The molecule has 0 saturated carbocycles. The van der Waals surface area contributed by atoms with Crippen molar-refractivity contribution in [2.75, 3.05) is 190 Å². The van der Waals surface area contributed by atoms with Crippen LogP contribution in [0.5, 0.6) is 0 Å². The van der Waals surface area contributed by atoms with E-state index in [1.54, 1.807) is 0 Å². The third-order valence-electron chi connectivity index (χ3n) is 10.2. The zero-order valence-electron chi connectivity index (χ0n) is 43.2. The van der Waals surface area contributed by atoms with Gasteiger partial charge in [-0.1, -0.05) is 24.3 Å². The average Bonchev–Trinajstić information content (AvgIpc) is 3.39. The molecule has 2 aromatic heterocycles. The minimum absolute atomic E-state index is 0.0131. The fourth-order valence-electron chi connectivity index (χ4n) is 6.54. The van der Waals surface area contributed by atoms with Gasteiger partial charge in [0.1, 0.15) is 0 Å². The maximum absolute atomic E-state index is 8.85. The minimum Gasteiger partial charge on any atom is -0.394 e. The van der Waals surface area contributed by atoms with Crippen molar-refractivity contribution in [1.82, 2.24) is 29.9 Å². The molecule has 0 aliphatic heterocycles. The van der Waals surface area contributed by atoms with E-state index in [2.05, 4.69) is 87.8 Å². The lowest BCUT2D eigenvalue weighted by molar-refractivity contribution is 0.0331. The van der Waals surface area contributed by atoms with Crippen LogP contribution in [-0.4, -0.2) is 209 Å². The lowest BCUT2D eigenvalue weighted by Crippen LogP contribution is -2.15. The molecular weight excluding hydrogens is 961 g/mol. The molecule has 2 aromatic carbocycles. The second kappa shape index (κ2) is 39.9. The molecule has 0 amide bonds. The highest BCUT2D eigenvalue weighted by atomic mass is 16.5. The Hall–Kier alpha value is -5.48. The van der Waals surface area contributed by atoms with Crippen LogP contribution in [0.1, 0.15) is 47.9 Å². The molecule has 4 aromatic rings. The van der Waals surface area contributed by atoms with E-state index in [4.69, 9.17) is 58.3 Å². The number of nitrogens with zero attached hydrogens (tertiary/aromatic N) is 6. The molecule has 0 saturated heterocycles. The van der Waals surface area contributed by atoms with E-state index in [9.17, 15) is 0 Å². The Balaban J connectivity index is 1.35. The second-order valence-electron chi connectivity index (χ2n) is 16.3. The smallest absolute Gasteiger partial charge is 0.233 e. The summed E-state index contributed by atoms with van der Waals surface area (Å²) in [5.41, 5.74) is 5.82. The molecular formula is C50H80N12O12. The highest BCUT2D eigenvalue weighted by Gasteiger charge is 2.11. The molecule has 412 valence electrons. The zero-order valence-corrected chi connectivity index (χ0v) is 43.2. The Morgan fingerprint density at radius 3 is 0.865 bits per heavy atom. The number of aliphatic hydroxyl groups is 4. The predicted octanol–water partition coefficient (Wildman–Crippen LogP) is 3.64. The molecule has 0 radical (unpaired) electrons. The quantitative estimate of drug-likeness (QED) is 0.0223. The van der Waals surface area contributed by atoms with Gasteiger partial charge in [-0.2, -0.15) is 29.9 Å². The van der Waals surface area contributed by atoms with Crippen molar-refractivity contribution in [1.29, 1.82) is 0 Å². The minimum atomic E-state index is -0.0131. The van der Waals surface area contributed by atoms with Crippen LogP contribution in [0.15, 0.2) is 36.4 Å². The summed E-state index contributed by atoms with van der Waals surface area (Å²) in [4.78, 5) is 27.7. The van der Waals surface area contributed by atoms with Crippen molar-refractivity contribution in [2.24, 2.45) is 0 Å². The Morgan fingerprint density at radius 2 is 0.608 bits per heavy atom. The number of nitrogens with one attached hydrogen (secondary N) is 6. The van der Waals surface area contributed by atoms with E-state index < -0.39 is 0 Å². The summed E-state index contributed by atoms with van der Waals surface area (Å²) in [5.74, 6) is 2.41. The number of ether oxygens (including phenoxy) is 8. The molecule has 10 N–H and O–H groups in total. The van der Waals surface area contributed by atoms with Gasteiger partial charge in [0.05, 0.1) is 106 Å². The maximum Gasteiger partial charge on any atom is 0.233 e. The molecule has 0 aliphatic rings. The van der Waals surface area contributed by atoms with E-state index in [0.29, 0.717) is 168 Å². The van der Waals surface area contributed by atoms with Gasteiger partial charge < -0.3 is 90.2 Å². The van der Waals surface area contributed by atoms with E-state index in [0.717, 1.165) is 59.3 Å². The number of benzene rings is 2. The summed E-state index contributed by atoms with van der Waals surface area (Å²) in [5, 5.41) is 55.2. The van der Waals surface area contributed by atoms with Crippen molar-refractivity contribution in [3.63, 3.8) is 0 Å². The molecule has 2 heterocycles. The summed E-state index contributed by atoms with van der Waals surface area (Å²) in [6.07, 6.45) is 7.06. The van der Waals surface area contributed by atoms with Gasteiger partial charge in [-0.05, 0) is 86.1 Å². The van der Waals surface area contributed by atoms with Gasteiger partial charge in [0, 0.05) is 64.0 Å². The van der Waals surface area contributed by atoms with Crippen LogP contribution in [-0.2, 0) is 37.9 Å². The van der Waals surface area contributed by atoms with Crippen molar-refractivity contribution in [3.8, 4) is 0 Å². The molecule has 24 nitrogen and oxygen atoms in total. The Labute approximate surface area is 434 Å². The van der Waals surface area contributed by atoms with E-state index in [-0.39, 0.29) is 26.4 Å². The summed E-state index contributed by atoms with van der Waals surface area (Å²) in [6, 6.07) is 12.2. The molecule has 74 heavy (non-hydrogen) atoms. The number of aliphatic hydroxyl groups excluding tert-OH is 4. The van der Waals surface area contributed by atoms with Crippen LogP contribution in [0.25, 0.3) is 12.2 Å². The van der Waals surface area contributed by atoms with Crippen molar-refractivity contribution in [3.05, 3.63) is 58.7 Å². The predicted molar refractivity (Wildman–Crippen MR) is 285 cm³/mol. The van der Waals surface area contributed by atoms with Crippen LogP contribution in [0.3, 0.4) is 0 Å². The van der Waals surface area contributed by atoms with Crippen molar-refractivity contribution >= 4 is 59.2 Å². The Bertz CT molecular complexity index is 1890. The number of rotatable bonds is 46. The molecule has 0 unspecified atom stereocenters. The third kappa shape index (κ3) is 27.7. The summed E-state index contributed by atoms with van der Waals surface area (Å²) in [7, 11) is 0. The monoisotopic (exact) mass is 1040 g/mol. The summed E-state index contributed by atoms with van der Waals surface area (Å²) in [6.45, 7) is 13.2. The molecule has 4 rings (SSSR count). The number of aromatic nitrogens is 6. The molecule has 24 heteroatoms. The fourth-order valence-corrected chi connectivity index (χ4v) is 6.54. The first kappa shape index (κ1) is 61.1. The lowest BCUT2D eigenvalue weighted by Gasteiger charge is -2.13. The van der Waals surface area contributed by atoms with Crippen molar-refractivity contribution in [2.45, 2.75) is 39.5 Å². The van der Waals surface area contributed by atoms with Crippen LogP contribution < -0.4 is 31.9 Å². The number of aryl methyl sites for hydroxylation is 2. The first-order valence-corrected chi connectivity index (χ1v) is 25.4. The normalized spacial score (nSPS) is 11.4. The van der Waals surface area contributed by atoms with Gasteiger partial charge >= 0.3 is 0 Å². The SMILES string of the molecule is Cc1cc(Nc2nc(NCCCOCCOCCO)nc(NCCCOCCOCCO)n2)ccc1/C=C/c1ccc(Nc2nc(NCCCOCCOCCO)nc(NCCCOCCOCCO)n2)cc1C. The molecule has 0 aliphatic carbocycles. The fraction of sp³-hybridized carbons (Fsp3) is 0.600. The van der Waals surface area contributed by atoms with Crippen LogP contribution in [0.4, 0.5) is 47.1 Å². The topological polar surface area (TPSA) is 304 Å². The second-order valence-corrected chi connectivity index (χ2v) is 16.3.